The number of hydrogen-bond donors (Lipinski definition) is 14. The molecule has 0 bridgehead atoms. The molecule has 23 nitrogen and oxygen atoms in total. The van der Waals surface area contributed by atoms with Crippen molar-refractivity contribution in [3.8, 4) is 0 Å². The Hall–Kier alpha value is -5.75. The SMILES string of the molecule is CCCCCCC[C@@H](O)CC(=O)N[C@@H](CN)C(=O)N[C@H]1CCNC(=O)[C@H](CC(C)C)NC(=O)[C@H](CCN)NC(=O)[C@H](CCN)NC(=O)[C@H](CC(C)C)NC(=O)[C@@H](Cc2ccccc2)NC(=O)[C@H](CCN)NC1=O. The van der Waals surface area contributed by atoms with Crippen molar-refractivity contribution in [2.45, 2.75) is 179 Å². The van der Waals surface area contributed by atoms with Crippen molar-refractivity contribution in [3.63, 3.8) is 0 Å². The lowest BCUT2D eigenvalue weighted by atomic mass is 10.00. The van der Waals surface area contributed by atoms with Gasteiger partial charge in [0.05, 0.1) is 12.5 Å². The Labute approximate surface area is 430 Å². The van der Waals surface area contributed by atoms with E-state index < -0.39 is 114 Å². The molecule has 1 fully saturated rings. The number of amides is 9. The van der Waals surface area contributed by atoms with E-state index in [2.05, 4.69) is 54.8 Å². The first-order valence-electron chi connectivity index (χ1n) is 26.0. The summed E-state index contributed by atoms with van der Waals surface area (Å²) in [6.45, 7) is 8.52. The van der Waals surface area contributed by atoms with Crippen LogP contribution in [0.15, 0.2) is 30.3 Å². The largest absolute Gasteiger partial charge is 0.393 e. The van der Waals surface area contributed by atoms with Gasteiger partial charge < -0.3 is 75.9 Å². The van der Waals surface area contributed by atoms with E-state index in [0.717, 1.165) is 32.1 Å². The second kappa shape index (κ2) is 34.6. The lowest BCUT2D eigenvalue weighted by Crippen LogP contribution is -2.61. The fourth-order valence-electron chi connectivity index (χ4n) is 8.19. The summed E-state index contributed by atoms with van der Waals surface area (Å²) in [7, 11) is 0. The van der Waals surface area contributed by atoms with Crippen LogP contribution >= 0.6 is 0 Å². The van der Waals surface area contributed by atoms with Crippen LogP contribution in [0, 0.1) is 11.8 Å². The highest BCUT2D eigenvalue weighted by atomic mass is 16.3. The first-order valence-corrected chi connectivity index (χ1v) is 26.0. The van der Waals surface area contributed by atoms with Crippen molar-refractivity contribution in [3.05, 3.63) is 35.9 Å². The third-order valence-electron chi connectivity index (χ3n) is 12.2. The van der Waals surface area contributed by atoms with Gasteiger partial charge in [0.15, 0.2) is 0 Å². The summed E-state index contributed by atoms with van der Waals surface area (Å²) in [6.07, 6.45) is 3.56. The maximum Gasteiger partial charge on any atom is 0.244 e. The first kappa shape index (κ1) is 63.4. The zero-order chi connectivity index (χ0) is 54.5. The second-order valence-electron chi connectivity index (χ2n) is 19.6. The van der Waals surface area contributed by atoms with Crippen LogP contribution in [0.25, 0.3) is 0 Å². The minimum atomic E-state index is -1.48. The molecule has 9 atom stereocenters. The molecule has 0 radical (unpaired) electrons. The summed E-state index contributed by atoms with van der Waals surface area (Å²) < 4.78 is 0. The Kier molecular flexibility index (Phi) is 30.1. The predicted octanol–water partition coefficient (Wildman–Crippen LogP) is -2.16. The zero-order valence-electron chi connectivity index (χ0n) is 43.6. The fraction of sp³-hybridized carbons (Fsp3) is 0.700. The topological polar surface area (TPSA) is 386 Å². The molecule has 412 valence electrons. The van der Waals surface area contributed by atoms with Crippen LogP contribution in [-0.2, 0) is 49.6 Å². The number of aliphatic hydroxyl groups excluding tert-OH is 1. The third-order valence-corrected chi connectivity index (χ3v) is 12.2. The molecule has 73 heavy (non-hydrogen) atoms. The molecule has 0 saturated carbocycles. The normalized spacial score (nSPS) is 23.2. The van der Waals surface area contributed by atoms with Gasteiger partial charge in [-0.15, -0.1) is 0 Å². The second-order valence-corrected chi connectivity index (χ2v) is 19.6. The minimum Gasteiger partial charge on any atom is -0.393 e. The monoisotopic (exact) mass is 1030 g/mol. The predicted molar refractivity (Wildman–Crippen MR) is 276 cm³/mol. The van der Waals surface area contributed by atoms with E-state index in [1.54, 1.807) is 30.3 Å². The highest BCUT2D eigenvalue weighted by Gasteiger charge is 2.35. The van der Waals surface area contributed by atoms with Crippen LogP contribution < -0.4 is 70.8 Å². The van der Waals surface area contributed by atoms with E-state index in [-0.39, 0.29) is 89.4 Å². The number of carbonyl (C=O) groups is 9. The highest BCUT2D eigenvalue weighted by Crippen LogP contribution is 2.13. The van der Waals surface area contributed by atoms with Crippen LogP contribution in [0.5, 0.6) is 0 Å². The molecule has 1 heterocycles. The van der Waals surface area contributed by atoms with E-state index in [1.165, 1.54) is 0 Å². The van der Waals surface area contributed by atoms with Crippen LogP contribution in [0.1, 0.15) is 124 Å². The lowest BCUT2D eigenvalue weighted by molar-refractivity contribution is -0.136. The van der Waals surface area contributed by atoms with Crippen LogP contribution in [0.2, 0.25) is 0 Å². The number of rotatable bonds is 24. The molecule has 0 aliphatic carbocycles. The van der Waals surface area contributed by atoms with Crippen molar-refractivity contribution in [2.75, 3.05) is 32.7 Å². The smallest absolute Gasteiger partial charge is 0.244 e. The summed E-state index contributed by atoms with van der Waals surface area (Å²) in [4.78, 5) is 125. The molecular weight excluding hydrogens is 943 g/mol. The average Bonchev–Trinajstić information content (AvgIpc) is 3.33. The zero-order valence-corrected chi connectivity index (χ0v) is 43.6. The van der Waals surface area contributed by atoms with E-state index in [0.29, 0.717) is 12.0 Å². The quantitative estimate of drug-likeness (QED) is 0.0491. The van der Waals surface area contributed by atoms with Gasteiger partial charge >= 0.3 is 0 Å². The number of aliphatic hydroxyl groups is 1. The molecule has 1 aromatic carbocycles. The number of carbonyl (C=O) groups excluding carboxylic acids is 9. The van der Waals surface area contributed by atoms with Crippen molar-refractivity contribution in [1.29, 1.82) is 0 Å². The van der Waals surface area contributed by atoms with Gasteiger partial charge in [0, 0.05) is 19.5 Å². The number of nitrogens with two attached hydrogens (primary N) is 4. The van der Waals surface area contributed by atoms with E-state index >= 15 is 0 Å². The van der Waals surface area contributed by atoms with Crippen LogP contribution in [0.3, 0.4) is 0 Å². The Bertz CT molecular complexity index is 1910. The molecule has 1 aromatic rings. The molecule has 0 spiro atoms. The van der Waals surface area contributed by atoms with Crippen molar-refractivity contribution in [1.82, 2.24) is 47.9 Å². The van der Waals surface area contributed by atoms with Gasteiger partial charge in [-0.3, -0.25) is 43.2 Å². The van der Waals surface area contributed by atoms with Gasteiger partial charge in [0.1, 0.15) is 48.3 Å². The molecule has 0 aromatic heterocycles. The van der Waals surface area contributed by atoms with E-state index in [4.69, 9.17) is 22.9 Å². The Morgan fingerprint density at radius 1 is 0.616 bits per heavy atom. The molecular formula is C50H87N13O10. The maximum atomic E-state index is 14.3. The average molecular weight is 1030 g/mol. The number of hydrogen-bond acceptors (Lipinski definition) is 14. The van der Waals surface area contributed by atoms with Crippen molar-refractivity contribution >= 4 is 53.2 Å². The standard InChI is InChI=1S/C50H87N13O10/c1-6-7-8-9-13-16-33(64)28-42(65)56-41(29-54)50(73)60-37-20-24-55-43(66)38(25-30(2)3)61-45(68)35(18-22-52)57-44(67)34(17-21-51)59-48(71)39(26-31(4)5)62-49(72)40(27-32-14-11-10-12-15-32)63-46(69)36(19-23-53)58-47(37)70/h10-12,14-15,30-31,33-41,64H,6-9,13,16-29,51-54H2,1-5H3,(H,55,66)(H,56,65)(H,57,67)(H,58,70)(H,59,71)(H,60,73)(H,61,68)(H,62,72)(H,63,69)/t33-,34+,35+,36+,37+,38+,39+,40-,41+/m1/s1. The minimum absolute atomic E-state index is 0.0469. The third kappa shape index (κ3) is 24.2. The molecule has 0 unspecified atom stereocenters. The molecule has 23 heteroatoms. The number of benzene rings is 1. The molecule has 2 rings (SSSR count). The summed E-state index contributed by atoms with van der Waals surface area (Å²) in [5.41, 5.74) is 24.3. The van der Waals surface area contributed by atoms with Crippen LogP contribution in [0.4, 0.5) is 0 Å². The number of unbranched alkanes of at least 4 members (excludes halogenated alkanes) is 4. The Morgan fingerprint density at radius 2 is 1.07 bits per heavy atom. The molecule has 1 aliphatic rings. The fourth-order valence-corrected chi connectivity index (χ4v) is 8.19. The van der Waals surface area contributed by atoms with Gasteiger partial charge in [-0.25, -0.2) is 0 Å². The molecule has 18 N–H and O–H groups in total. The first-order chi connectivity index (χ1) is 34.8. The summed E-state index contributed by atoms with van der Waals surface area (Å²) >= 11 is 0. The summed E-state index contributed by atoms with van der Waals surface area (Å²) in [6, 6.07) is -1.72. The van der Waals surface area contributed by atoms with Gasteiger partial charge in [-0.1, -0.05) is 97.1 Å². The Morgan fingerprint density at radius 3 is 1.56 bits per heavy atom. The summed E-state index contributed by atoms with van der Waals surface area (Å²) in [5.74, 6) is -7.21. The molecule has 9 amide bonds. The van der Waals surface area contributed by atoms with Crippen molar-refractivity contribution in [2.24, 2.45) is 34.8 Å². The van der Waals surface area contributed by atoms with Gasteiger partial charge in [-0.2, -0.15) is 0 Å². The molecule has 1 saturated heterocycles. The van der Waals surface area contributed by atoms with E-state index in [1.807, 2.05) is 27.7 Å². The summed E-state index contributed by atoms with van der Waals surface area (Å²) in [5, 5.41) is 34.5. The molecule has 1 aliphatic heterocycles. The van der Waals surface area contributed by atoms with Gasteiger partial charge in [0.25, 0.3) is 0 Å². The highest BCUT2D eigenvalue weighted by molar-refractivity contribution is 5.98. The van der Waals surface area contributed by atoms with Crippen molar-refractivity contribution < 1.29 is 48.3 Å². The lowest BCUT2D eigenvalue weighted by Gasteiger charge is -2.28. The maximum absolute atomic E-state index is 14.3. The van der Waals surface area contributed by atoms with Gasteiger partial charge in [0.2, 0.25) is 53.2 Å². The van der Waals surface area contributed by atoms with Gasteiger partial charge in [-0.05, 0) is 82.0 Å². The number of nitrogens with one attached hydrogen (secondary N) is 9. The van der Waals surface area contributed by atoms with Crippen LogP contribution in [-0.4, -0.2) is 145 Å². The Balaban J connectivity index is 2.66. The van der Waals surface area contributed by atoms with E-state index in [9.17, 15) is 48.3 Å².